The van der Waals surface area contributed by atoms with E-state index in [1.165, 1.54) is 6.38 Å². The molecule has 0 aliphatic carbocycles. The van der Waals surface area contributed by atoms with E-state index in [1.807, 2.05) is 18.2 Å². The van der Waals surface area contributed by atoms with Crippen molar-refractivity contribution in [2.24, 2.45) is 0 Å². The Bertz CT molecular complexity index is 201. The Balaban J connectivity index is 0.000000189. The highest BCUT2D eigenvalue weighted by atomic mass is 35.5. The summed E-state index contributed by atoms with van der Waals surface area (Å²) in [5.74, 6) is 0. The molecule has 4 heteroatoms. The van der Waals surface area contributed by atoms with Gasteiger partial charge in [-0.15, -0.1) is 11.6 Å². The molecular weight excluding hydrogens is 186 g/mol. The van der Waals surface area contributed by atoms with Crippen molar-refractivity contribution in [1.82, 2.24) is 15.0 Å². The topological polar surface area (TPSA) is 41.6 Å². The highest BCUT2D eigenvalue weighted by Gasteiger charge is 1.58. The number of alkyl halides is 1. The molecule has 0 spiro atoms. The number of hydrogen-bond donors (Lipinski definition) is 1. The number of pyridine rings is 1. The van der Waals surface area contributed by atoms with Gasteiger partial charge in [-0.05, 0) is 12.1 Å². The average Bonchev–Trinajstić information content (AvgIpc) is 2.82. The van der Waals surface area contributed by atoms with Crippen LogP contribution in [0.5, 0.6) is 0 Å². The molecule has 2 aromatic heterocycles. The number of nitrogens with one attached hydrogen (secondary N) is 1. The number of imidazole rings is 1. The summed E-state index contributed by atoms with van der Waals surface area (Å²) in [5, 5.41) is 0. The molecule has 0 aliphatic rings. The Hall–Kier alpha value is -1.35. The molecule has 0 amide bonds. The zero-order chi connectivity index (χ0) is 9.78. The second-order valence-electron chi connectivity index (χ2n) is 1.79. The predicted molar refractivity (Wildman–Crippen MR) is 54.6 cm³/mol. The number of hydrogen-bond acceptors (Lipinski definition) is 2. The van der Waals surface area contributed by atoms with Crippen LogP contribution in [0.3, 0.4) is 0 Å². The van der Waals surface area contributed by atoms with Gasteiger partial charge in [-0.2, -0.15) is 0 Å². The van der Waals surface area contributed by atoms with Gasteiger partial charge in [0.15, 0.2) is 0 Å². The van der Waals surface area contributed by atoms with E-state index in [1.54, 1.807) is 31.1 Å². The first kappa shape index (κ1) is 11.6. The highest BCUT2D eigenvalue weighted by molar-refractivity contribution is 6.15. The van der Waals surface area contributed by atoms with Crippen LogP contribution in [0.25, 0.3) is 0 Å². The number of aromatic amines is 1. The van der Waals surface area contributed by atoms with Crippen molar-refractivity contribution < 1.29 is 0 Å². The minimum Gasteiger partial charge on any atom is -0.351 e. The SMILES string of the molecule is CCl.c1c[nH]cn1.c1ccncc1. The van der Waals surface area contributed by atoms with Crippen LogP contribution in [-0.2, 0) is 0 Å². The summed E-state index contributed by atoms with van der Waals surface area (Å²) in [6.45, 7) is 0. The van der Waals surface area contributed by atoms with Gasteiger partial charge in [-0.3, -0.25) is 4.98 Å². The summed E-state index contributed by atoms with van der Waals surface area (Å²) in [6.07, 6.45) is 10.1. The van der Waals surface area contributed by atoms with Crippen molar-refractivity contribution in [3.05, 3.63) is 49.3 Å². The van der Waals surface area contributed by atoms with Crippen LogP contribution in [0.15, 0.2) is 49.3 Å². The van der Waals surface area contributed by atoms with E-state index in [0.717, 1.165) is 0 Å². The van der Waals surface area contributed by atoms with Crippen molar-refractivity contribution in [1.29, 1.82) is 0 Å². The Kier molecular flexibility index (Phi) is 9.54. The molecule has 0 bridgehead atoms. The van der Waals surface area contributed by atoms with Crippen LogP contribution in [-0.4, -0.2) is 21.3 Å². The second-order valence-corrected chi connectivity index (χ2v) is 1.79. The Morgan fingerprint density at radius 3 is 1.77 bits per heavy atom. The first-order valence-electron chi connectivity index (χ1n) is 3.65. The van der Waals surface area contributed by atoms with Gasteiger partial charge in [-0.25, -0.2) is 4.98 Å². The summed E-state index contributed by atoms with van der Waals surface area (Å²) in [5.41, 5.74) is 0. The van der Waals surface area contributed by atoms with E-state index in [0.29, 0.717) is 0 Å². The van der Waals surface area contributed by atoms with Crippen LogP contribution in [0, 0.1) is 0 Å². The van der Waals surface area contributed by atoms with E-state index in [4.69, 9.17) is 0 Å². The lowest BCUT2D eigenvalue weighted by atomic mass is 10.5. The molecule has 0 unspecified atom stereocenters. The van der Waals surface area contributed by atoms with Crippen LogP contribution in [0.4, 0.5) is 0 Å². The van der Waals surface area contributed by atoms with Crippen molar-refractivity contribution in [2.75, 3.05) is 6.38 Å². The summed E-state index contributed by atoms with van der Waals surface area (Å²) in [4.78, 5) is 10.2. The maximum absolute atomic E-state index is 4.64. The molecule has 0 radical (unpaired) electrons. The standard InChI is InChI=1S/C5H5N.C3H4N2.CH3Cl/c1-2-4-6-5-3-1;1-2-5-3-4-1;1-2/h1-5H;1-3H,(H,4,5);1H3. The van der Waals surface area contributed by atoms with E-state index < -0.39 is 0 Å². The molecule has 2 heterocycles. The van der Waals surface area contributed by atoms with E-state index in [2.05, 4.69) is 26.6 Å². The fourth-order valence-electron chi connectivity index (χ4n) is 0.528. The lowest BCUT2D eigenvalue weighted by Gasteiger charge is -1.70. The summed E-state index contributed by atoms with van der Waals surface area (Å²) >= 11 is 4.64. The van der Waals surface area contributed by atoms with Gasteiger partial charge in [0.1, 0.15) is 0 Å². The summed E-state index contributed by atoms with van der Waals surface area (Å²) < 4.78 is 0. The Labute approximate surface area is 82.8 Å². The number of aromatic nitrogens is 3. The molecule has 0 aromatic carbocycles. The monoisotopic (exact) mass is 197 g/mol. The quantitative estimate of drug-likeness (QED) is 0.659. The molecule has 0 saturated heterocycles. The van der Waals surface area contributed by atoms with Crippen molar-refractivity contribution >= 4 is 11.6 Å². The molecular formula is C9H12ClN3. The smallest absolute Gasteiger partial charge is 0.0919 e. The van der Waals surface area contributed by atoms with Gasteiger partial charge >= 0.3 is 0 Å². The minimum atomic E-state index is 1.47. The van der Waals surface area contributed by atoms with Crippen molar-refractivity contribution in [3.8, 4) is 0 Å². The minimum absolute atomic E-state index is 1.47. The second kappa shape index (κ2) is 10.7. The number of halogens is 1. The summed E-state index contributed by atoms with van der Waals surface area (Å²) in [7, 11) is 0. The van der Waals surface area contributed by atoms with Gasteiger partial charge in [0.25, 0.3) is 0 Å². The van der Waals surface area contributed by atoms with Crippen LogP contribution >= 0.6 is 11.6 Å². The largest absolute Gasteiger partial charge is 0.351 e. The maximum atomic E-state index is 4.64. The fraction of sp³-hybridized carbons (Fsp3) is 0.111. The van der Waals surface area contributed by atoms with E-state index in [9.17, 15) is 0 Å². The van der Waals surface area contributed by atoms with Gasteiger partial charge in [0.2, 0.25) is 0 Å². The molecule has 2 aromatic rings. The zero-order valence-corrected chi connectivity index (χ0v) is 8.15. The van der Waals surface area contributed by atoms with E-state index in [-0.39, 0.29) is 0 Å². The maximum Gasteiger partial charge on any atom is 0.0919 e. The summed E-state index contributed by atoms with van der Waals surface area (Å²) in [6, 6.07) is 5.72. The normalized spacial score (nSPS) is 7.23. The Morgan fingerprint density at radius 2 is 1.62 bits per heavy atom. The molecule has 2 rings (SSSR count). The first-order chi connectivity index (χ1) is 6.50. The highest BCUT2D eigenvalue weighted by Crippen LogP contribution is 1.73. The lowest BCUT2D eigenvalue weighted by molar-refractivity contribution is 1.31. The third-order valence-corrected chi connectivity index (χ3v) is 0.972. The third kappa shape index (κ3) is 8.56. The van der Waals surface area contributed by atoms with Crippen molar-refractivity contribution in [3.63, 3.8) is 0 Å². The molecule has 0 saturated carbocycles. The molecule has 0 aliphatic heterocycles. The number of nitrogens with zero attached hydrogens (tertiary/aromatic N) is 2. The molecule has 3 nitrogen and oxygen atoms in total. The first-order valence-corrected chi connectivity index (χ1v) is 4.41. The zero-order valence-electron chi connectivity index (χ0n) is 7.39. The van der Waals surface area contributed by atoms with Crippen molar-refractivity contribution in [2.45, 2.75) is 0 Å². The van der Waals surface area contributed by atoms with Gasteiger partial charge in [0.05, 0.1) is 6.33 Å². The molecule has 0 fully saturated rings. The van der Waals surface area contributed by atoms with Gasteiger partial charge in [0, 0.05) is 31.2 Å². The Morgan fingerprint density at radius 1 is 0.923 bits per heavy atom. The lowest BCUT2D eigenvalue weighted by Crippen LogP contribution is -1.58. The van der Waals surface area contributed by atoms with Gasteiger partial charge in [-0.1, -0.05) is 6.07 Å². The number of rotatable bonds is 0. The fourth-order valence-corrected chi connectivity index (χ4v) is 0.528. The van der Waals surface area contributed by atoms with Gasteiger partial charge < -0.3 is 4.98 Å². The van der Waals surface area contributed by atoms with Crippen LogP contribution < -0.4 is 0 Å². The van der Waals surface area contributed by atoms with Crippen LogP contribution in [0.2, 0.25) is 0 Å². The molecule has 1 N–H and O–H groups in total. The third-order valence-electron chi connectivity index (χ3n) is 0.972. The average molecular weight is 198 g/mol. The molecule has 0 atom stereocenters. The molecule has 70 valence electrons. The van der Waals surface area contributed by atoms with Crippen LogP contribution in [0.1, 0.15) is 0 Å². The predicted octanol–water partition coefficient (Wildman–Crippen LogP) is 2.35. The number of H-pyrrole nitrogens is 1. The van der Waals surface area contributed by atoms with E-state index >= 15 is 0 Å². The molecule has 13 heavy (non-hydrogen) atoms.